The molecule has 0 aromatic heterocycles. The molecule has 0 heterocycles. The number of hydrogen-bond acceptors (Lipinski definition) is 0. The highest BCUT2D eigenvalue weighted by molar-refractivity contribution is 5.12. The second kappa shape index (κ2) is 7.60. The third kappa shape index (κ3) is 6.15. The lowest BCUT2D eigenvalue weighted by atomic mass is 10.2. The van der Waals surface area contributed by atoms with E-state index in [1.165, 1.54) is 19.3 Å². The predicted molar refractivity (Wildman–Crippen MR) is 59.3 cm³/mol. The Kier molecular flexibility index (Phi) is 5.87. The first-order valence-electron chi connectivity index (χ1n) is 4.97. The first kappa shape index (κ1) is 10.0. The summed E-state index contributed by atoms with van der Waals surface area (Å²) in [5, 5.41) is 0. The van der Waals surface area contributed by atoms with Crippen molar-refractivity contribution in [3.05, 3.63) is 55.0 Å². The molecule has 13 heavy (non-hydrogen) atoms. The zero-order chi connectivity index (χ0) is 9.19. The first-order valence-corrected chi connectivity index (χ1v) is 4.97. The molecule has 0 saturated heterocycles. The van der Waals surface area contributed by atoms with Gasteiger partial charge in [-0.1, -0.05) is 48.6 Å². The molecule has 0 amide bonds. The van der Waals surface area contributed by atoms with E-state index in [-0.39, 0.29) is 0 Å². The van der Waals surface area contributed by atoms with E-state index in [1.807, 2.05) is 0 Å². The summed E-state index contributed by atoms with van der Waals surface area (Å²) in [6.45, 7) is 0. The van der Waals surface area contributed by atoms with Crippen molar-refractivity contribution < 1.29 is 0 Å². The lowest BCUT2D eigenvalue weighted by molar-refractivity contribution is 0.867. The van der Waals surface area contributed by atoms with Crippen molar-refractivity contribution in [2.24, 2.45) is 0 Å². The van der Waals surface area contributed by atoms with Crippen molar-refractivity contribution in [3.63, 3.8) is 0 Å². The Morgan fingerprint density at radius 2 is 1.31 bits per heavy atom. The summed E-state index contributed by atoms with van der Waals surface area (Å²) in [6.07, 6.45) is 24.0. The van der Waals surface area contributed by atoms with Crippen LogP contribution in [0.1, 0.15) is 25.7 Å². The third-order valence-electron chi connectivity index (χ3n) is 1.89. The van der Waals surface area contributed by atoms with Gasteiger partial charge in [0.2, 0.25) is 0 Å². The predicted octanol–water partition coefficient (Wildman–Crippen LogP) is 3.99. The van der Waals surface area contributed by atoms with Crippen LogP contribution in [0.25, 0.3) is 0 Å². The molecule has 0 saturated carbocycles. The first-order chi connectivity index (χ1) is 6.50. The summed E-state index contributed by atoms with van der Waals surface area (Å²) >= 11 is 0. The molecule has 0 aliphatic heterocycles. The van der Waals surface area contributed by atoms with Gasteiger partial charge < -0.3 is 0 Å². The maximum atomic E-state index is 2.24. The number of hydrogen-bond donors (Lipinski definition) is 0. The molecule has 0 nitrogen and oxygen atoms in total. The van der Waals surface area contributed by atoms with Gasteiger partial charge in [0, 0.05) is 0 Å². The van der Waals surface area contributed by atoms with E-state index in [2.05, 4.69) is 55.0 Å². The molecular formula is C13H17. The number of rotatable bonds is 0. The SMILES string of the molecule is [CH]1/C=C/CCC\C=C/C=C/C=C/C1. The maximum Gasteiger partial charge on any atom is -0.0133 e. The molecule has 0 aromatic carbocycles. The minimum absolute atomic E-state index is 1.03. The van der Waals surface area contributed by atoms with Crippen LogP contribution in [-0.4, -0.2) is 0 Å². The van der Waals surface area contributed by atoms with Gasteiger partial charge in [-0.3, -0.25) is 0 Å². The third-order valence-corrected chi connectivity index (χ3v) is 1.89. The molecular weight excluding hydrogens is 156 g/mol. The molecule has 0 unspecified atom stereocenters. The Balaban J connectivity index is 2.38. The monoisotopic (exact) mass is 173 g/mol. The summed E-state index contributed by atoms with van der Waals surface area (Å²) in [5.41, 5.74) is 0. The average Bonchev–Trinajstić information content (AvgIpc) is 2.18. The van der Waals surface area contributed by atoms with E-state index in [4.69, 9.17) is 0 Å². The van der Waals surface area contributed by atoms with Crippen LogP contribution in [0.2, 0.25) is 0 Å². The average molecular weight is 173 g/mol. The van der Waals surface area contributed by atoms with Gasteiger partial charge in [-0.2, -0.15) is 0 Å². The fourth-order valence-electron chi connectivity index (χ4n) is 1.16. The molecule has 0 heteroatoms. The van der Waals surface area contributed by atoms with Gasteiger partial charge in [0.1, 0.15) is 0 Å². The minimum Gasteiger partial charge on any atom is -0.0882 e. The van der Waals surface area contributed by atoms with Gasteiger partial charge >= 0.3 is 0 Å². The molecule has 0 N–H and O–H groups in total. The van der Waals surface area contributed by atoms with E-state index in [1.54, 1.807) is 0 Å². The minimum atomic E-state index is 1.03. The fraction of sp³-hybridized carbons (Fsp3) is 0.308. The Labute approximate surface area is 81.4 Å². The van der Waals surface area contributed by atoms with Crippen molar-refractivity contribution in [2.45, 2.75) is 25.7 Å². The Morgan fingerprint density at radius 3 is 2.15 bits per heavy atom. The Morgan fingerprint density at radius 1 is 0.615 bits per heavy atom. The van der Waals surface area contributed by atoms with Gasteiger partial charge in [0.15, 0.2) is 0 Å². The molecule has 0 aromatic rings. The van der Waals surface area contributed by atoms with Crippen molar-refractivity contribution in [2.75, 3.05) is 0 Å². The van der Waals surface area contributed by atoms with E-state index >= 15 is 0 Å². The van der Waals surface area contributed by atoms with Crippen molar-refractivity contribution >= 4 is 0 Å². The van der Waals surface area contributed by atoms with Crippen LogP contribution in [0.5, 0.6) is 0 Å². The van der Waals surface area contributed by atoms with Crippen molar-refractivity contribution in [1.29, 1.82) is 0 Å². The molecule has 0 spiro atoms. The lowest BCUT2D eigenvalue weighted by Crippen LogP contribution is -1.70. The van der Waals surface area contributed by atoms with Crippen LogP contribution in [0.3, 0.4) is 0 Å². The van der Waals surface area contributed by atoms with E-state index in [0.29, 0.717) is 0 Å². The molecule has 1 aliphatic rings. The van der Waals surface area contributed by atoms with Crippen LogP contribution < -0.4 is 0 Å². The summed E-state index contributed by atoms with van der Waals surface area (Å²) < 4.78 is 0. The second-order valence-electron chi connectivity index (χ2n) is 3.07. The lowest BCUT2D eigenvalue weighted by Gasteiger charge is -1.89. The summed E-state index contributed by atoms with van der Waals surface area (Å²) in [5.74, 6) is 0. The van der Waals surface area contributed by atoms with E-state index < -0.39 is 0 Å². The quantitative estimate of drug-likeness (QED) is 0.519. The normalized spacial score (nSPS) is 28.9. The molecule has 0 fully saturated rings. The van der Waals surface area contributed by atoms with Crippen LogP contribution >= 0.6 is 0 Å². The van der Waals surface area contributed by atoms with Crippen molar-refractivity contribution in [1.82, 2.24) is 0 Å². The summed E-state index contributed by atoms with van der Waals surface area (Å²) in [6, 6.07) is 0. The van der Waals surface area contributed by atoms with Crippen LogP contribution in [0.4, 0.5) is 0 Å². The second-order valence-corrected chi connectivity index (χ2v) is 3.07. The molecule has 0 atom stereocenters. The van der Waals surface area contributed by atoms with Gasteiger partial charge in [-0.05, 0) is 32.1 Å². The van der Waals surface area contributed by atoms with Gasteiger partial charge in [0.05, 0.1) is 0 Å². The Bertz CT molecular complexity index is 216. The highest BCUT2D eigenvalue weighted by Gasteiger charge is 1.81. The standard InChI is InChI=1S/C13H17/c1-2-4-6-8-10-12-13-11-9-7-5-3-1/h1-6,9,11,13H,7-8,10,12H2/b2-1+,5-3+,6-4-,13-11+. The Hall–Kier alpha value is -1.04. The van der Waals surface area contributed by atoms with Crippen LogP contribution in [-0.2, 0) is 0 Å². The zero-order valence-electron chi connectivity index (χ0n) is 8.02. The highest BCUT2D eigenvalue weighted by atomic mass is 13.9. The van der Waals surface area contributed by atoms with E-state index in [9.17, 15) is 0 Å². The fourth-order valence-corrected chi connectivity index (χ4v) is 1.16. The summed E-state index contributed by atoms with van der Waals surface area (Å²) in [4.78, 5) is 0. The van der Waals surface area contributed by atoms with Crippen molar-refractivity contribution in [3.8, 4) is 0 Å². The molecule has 0 bridgehead atoms. The summed E-state index contributed by atoms with van der Waals surface area (Å²) in [7, 11) is 0. The molecule has 1 aliphatic carbocycles. The molecule has 1 radical (unpaired) electrons. The molecule has 1 rings (SSSR count). The van der Waals surface area contributed by atoms with Gasteiger partial charge in [-0.25, -0.2) is 0 Å². The van der Waals surface area contributed by atoms with Gasteiger partial charge in [-0.15, -0.1) is 0 Å². The number of allylic oxidation sites excluding steroid dienone is 8. The van der Waals surface area contributed by atoms with E-state index in [0.717, 1.165) is 6.42 Å². The highest BCUT2D eigenvalue weighted by Crippen LogP contribution is 2.01. The van der Waals surface area contributed by atoms with Crippen LogP contribution in [0, 0.1) is 6.42 Å². The molecule has 69 valence electrons. The van der Waals surface area contributed by atoms with Crippen LogP contribution in [0.15, 0.2) is 48.6 Å². The largest absolute Gasteiger partial charge is 0.0882 e. The zero-order valence-corrected chi connectivity index (χ0v) is 8.02. The maximum absolute atomic E-state index is 2.24. The topological polar surface area (TPSA) is 0 Å². The smallest absolute Gasteiger partial charge is 0.0133 e. The van der Waals surface area contributed by atoms with Gasteiger partial charge in [0.25, 0.3) is 0 Å².